The highest BCUT2D eigenvalue weighted by Crippen LogP contribution is 2.01. The number of carbonyl (C=O) groups is 2. The molecule has 18 heavy (non-hydrogen) atoms. The van der Waals surface area contributed by atoms with Crippen molar-refractivity contribution in [1.82, 2.24) is 10.6 Å². The van der Waals surface area contributed by atoms with Crippen LogP contribution >= 0.6 is 0 Å². The molecule has 0 aromatic carbocycles. The molecule has 0 aliphatic rings. The number of sulfone groups is 1. The monoisotopic (exact) mass is 280 g/mol. The van der Waals surface area contributed by atoms with Gasteiger partial charge in [-0.1, -0.05) is 13.8 Å². The first-order valence-electron chi connectivity index (χ1n) is 5.58. The molecule has 106 valence electrons. The number of carbonyl (C=O) groups excluding carboxylic acids is 1. The van der Waals surface area contributed by atoms with E-state index in [2.05, 4.69) is 10.6 Å². The van der Waals surface area contributed by atoms with E-state index in [4.69, 9.17) is 5.11 Å². The van der Waals surface area contributed by atoms with Gasteiger partial charge in [-0.25, -0.2) is 18.0 Å². The van der Waals surface area contributed by atoms with Crippen LogP contribution in [0.5, 0.6) is 0 Å². The lowest BCUT2D eigenvalue weighted by Gasteiger charge is -2.18. The van der Waals surface area contributed by atoms with Crippen LogP contribution in [-0.4, -0.2) is 50.1 Å². The van der Waals surface area contributed by atoms with Crippen molar-refractivity contribution in [1.29, 1.82) is 0 Å². The van der Waals surface area contributed by atoms with Crippen LogP contribution < -0.4 is 10.6 Å². The van der Waals surface area contributed by atoms with Crippen LogP contribution in [-0.2, 0) is 14.6 Å². The summed E-state index contributed by atoms with van der Waals surface area (Å²) in [5.41, 5.74) is 0. The molecular formula is C10H20N2O5S. The van der Waals surface area contributed by atoms with Gasteiger partial charge in [0.15, 0.2) is 0 Å². The number of amides is 2. The highest BCUT2D eigenvalue weighted by molar-refractivity contribution is 7.90. The molecule has 0 heterocycles. The first-order valence-corrected chi connectivity index (χ1v) is 7.64. The molecule has 0 spiro atoms. The van der Waals surface area contributed by atoms with E-state index in [1.807, 2.05) is 0 Å². The van der Waals surface area contributed by atoms with Gasteiger partial charge in [0, 0.05) is 12.8 Å². The van der Waals surface area contributed by atoms with Gasteiger partial charge in [0.05, 0.1) is 5.75 Å². The van der Waals surface area contributed by atoms with Crippen LogP contribution in [0.3, 0.4) is 0 Å². The van der Waals surface area contributed by atoms with Crippen molar-refractivity contribution in [3.8, 4) is 0 Å². The number of nitrogens with one attached hydrogen (secondary N) is 2. The van der Waals surface area contributed by atoms with Crippen LogP contribution in [0.25, 0.3) is 0 Å². The predicted octanol–water partition coefficient (Wildman–Crippen LogP) is -0.170. The van der Waals surface area contributed by atoms with Gasteiger partial charge in [0.2, 0.25) is 0 Å². The molecule has 0 radical (unpaired) electrons. The third-order valence-electron chi connectivity index (χ3n) is 2.20. The Morgan fingerprint density at radius 1 is 1.28 bits per heavy atom. The Kier molecular flexibility index (Phi) is 6.67. The second-order valence-corrected chi connectivity index (χ2v) is 6.70. The molecule has 0 aromatic rings. The highest BCUT2D eigenvalue weighted by Gasteiger charge is 2.22. The standard InChI is InChI=1S/C10H20N2O5S/c1-7(2)8(9(13)14)12-10(15)11-5-4-6-18(3,16)17/h7-8H,4-6H2,1-3H3,(H,13,14)(H2,11,12,15). The van der Waals surface area contributed by atoms with Gasteiger partial charge in [-0.05, 0) is 12.3 Å². The summed E-state index contributed by atoms with van der Waals surface area (Å²) in [6.07, 6.45) is 1.41. The molecule has 3 N–H and O–H groups in total. The number of hydrogen-bond acceptors (Lipinski definition) is 4. The van der Waals surface area contributed by atoms with E-state index in [0.29, 0.717) is 6.42 Å². The zero-order valence-corrected chi connectivity index (χ0v) is 11.6. The lowest BCUT2D eigenvalue weighted by molar-refractivity contribution is -0.140. The smallest absolute Gasteiger partial charge is 0.326 e. The number of carboxylic acids is 1. The van der Waals surface area contributed by atoms with Crippen LogP contribution in [0, 0.1) is 5.92 Å². The maximum Gasteiger partial charge on any atom is 0.326 e. The number of carboxylic acid groups (broad SMARTS) is 1. The normalized spacial score (nSPS) is 13.1. The highest BCUT2D eigenvalue weighted by atomic mass is 32.2. The minimum absolute atomic E-state index is 0.0141. The summed E-state index contributed by atoms with van der Waals surface area (Å²) in [4.78, 5) is 22.2. The molecule has 0 aliphatic heterocycles. The number of aliphatic carboxylic acids is 1. The number of urea groups is 1. The first kappa shape index (κ1) is 16.7. The Balaban J connectivity index is 4.00. The van der Waals surface area contributed by atoms with Gasteiger partial charge >= 0.3 is 12.0 Å². The summed E-state index contributed by atoms with van der Waals surface area (Å²) in [6.45, 7) is 3.55. The minimum Gasteiger partial charge on any atom is -0.480 e. The van der Waals surface area contributed by atoms with Gasteiger partial charge in [-0.2, -0.15) is 0 Å². The largest absolute Gasteiger partial charge is 0.480 e. The molecule has 0 bridgehead atoms. The SMILES string of the molecule is CC(C)C(NC(=O)NCCCS(C)(=O)=O)C(=O)O. The van der Waals surface area contributed by atoms with Crippen molar-refractivity contribution in [2.45, 2.75) is 26.3 Å². The summed E-state index contributed by atoms with van der Waals surface area (Å²) in [5.74, 6) is -1.35. The van der Waals surface area contributed by atoms with E-state index in [9.17, 15) is 18.0 Å². The van der Waals surface area contributed by atoms with E-state index in [0.717, 1.165) is 6.26 Å². The van der Waals surface area contributed by atoms with Crippen LogP contribution in [0.4, 0.5) is 4.79 Å². The second-order valence-electron chi connectivity index (χ2n) is 4.44. The third-order valence-corrected chi connectivity index (χ3v) is 3.23. The molecule has 0 aliphatic carbocycles. The van der Waals surface area contributed by atoms with E-state index < -0.39 is 27.9 Å². The van der Waals surface area contributed by atoms with Gasteiger partial charge in [-0.15, -0.1) is 0 Å². The van der Waals surface area contributed by atoms with Gasteiger partial charge in [-0.3, -0.25) is 0 Å². The van der Waals surface area contributed by atoms with Crippen molar-refractivity contribution >= 4 is 21.8 Å². The van der Waals surface area contributed by atoms with Crippen molar-refractivity contribution < 1.29 is 23.1 Å². The first-order chi connectivity index (χ1) is 8.13. The number of hydrogen-bond donors (Lipinski definition) is 3. The van der Waals surface area contributed by atoms with E-state index in [1.54, 1.807) is 13.8 Å². The Labute approximate surface area is 107 Å². The Morgan fingerprint density at radius 3 is 2.22 bits per heavy atom. The van der Waals surface area contributed by atoms with Crippen LogP contribution in [0.2, 0.25) is 0 Å². The summed E-state index contributed by atoms with van der Waals surface area (Å²) >= 11 is 0. The molecule has 0 fully saturated rings. The predicted molar refractivity (Wildman–Crippen MR) is 67.1 cm³/mol. The number of rotatable bonds is 7. The molecule has 2 amide bonds. The average Bonchev–Trinajstić information content (AvgIpc) is 2.18. The molecule has 0 rings (SSSR count). The van der Waals surface area contributed by atoms with Gasteiger partial charge in [0.25, 0.3) is 0 Å². The Hall–Kier alpha value is -1.31. The van der Waals surface area contributed by atoms with Crippen molar-refractivity contribution in [3.05, 3.63) is 0 Å². The fourth-order valence-electron chi connectivity index (χ4n) is 1.24. The summed E-state index contributed by atoms with van der Waals surface area (Å²) in [5, 5.41) is 13.6. The molecule has 0 saturated heterocycles. The lowest BCUT2D eigenvalue weighted by atomic mass is 10.1. The van der Waals surface area contributed by atoms with Crippen LogP contribution in [0.15, 0.2) is 0 Å². The van der Waals surface area contributed by atoms with E-state index in [1.165, 1.54) is 0 Å². The zero-order valence-electron chi connectivity index (χ0n) is 10.8. The molecule has 0 saturated carbocycles. The average molecular weight is 280 g/mol. The third kappa shape index (κ3) is 7.88. The Bertz CT molecular complexity index is 391. The zero-order chi connectivity index (χ0) is 14.3. The maximum atomic E-state index is 11.4. The lowest BCUT2D eigenvalue weighted by Crippen LogP contribution is -2.48. The maximum absolute atomic E-state index is 11.4. The van der Waals surface area contributed by atoms with Gasteiger partial charge in [0.1, 0.15) is 15.9 Å². The quantitative estimate of drug-likeness (QED) is 0.560. The molecule has 1 unspecified atom stereocenters. The van der Waals surface area contributed by atoms with Crippen molar-refractivity contribution in [2.75, 3.05) is 18.6 Å². The van der Waals surface area contributed by atoms with E-state index in [-0.39, 0.29) is 18.2 Å². The molecule has 8 heteroatoms. The molecule has 0 aromatic heterocycles. The molecule has 1 atom stereocenters. The van der Waals surface area contributed by atoms with Crippen molar-refractivity contribution in [2.24, 2.45) is 5.92 Å². The van der Waals surface area contributed by atoms with Crippen molar-refractivity contribution in [3.63, 3.8) is 0 Å². The van der Waals surface area contributed by atoms with Gasteiger partial charge < -0.3 is 15.7 Å². The fourth-order valence-corrected chi connectivity index (χ4v) is 1.91. The fraction of sp³-hybridized carbons (Fsp3) is 0.800. The Morgan fingerprint density at radius 2 is 1.83 bits per heavy atom. The minimum atomic E-state index is -3.04. The summed E-state index contributed by atoms with van der Waals surface area (Å²) in [7, 11) is -3.04. The molecular weight excluding hydrogens is 260 g/mol. The topological polar surface area (TPSA) is 113 Å². The second kappa shape index (κ2) is 7.20. The summed E-state index contributed by atoms with van der Waals surface area (Å²) in [6, 6.07) is -1.57. The van der Waals surface area contributed by atoms with E-state index >= 15 is 0 Å². The summed E-state index contributed by atoms with van der Waals surface area (Å²) < 4.78 is 21.7. The molecule has 7 nitrogen and oxygen atoms in total. The van der Waals surface area contributed by atoms with Crippen LogP contribution in [0.1, 0.15) is 20.3 Å².